The first kappa shape index (κ1) is 23.4. The third-order valence-electron chi connectivity index (χ3n) is 4.90. The number of unbranched alkanes of at least 4 members (excludes halogenated alkanes) is 3. The van der Waals surface area contributed by atoms with Crippen molar-refractivity contribution in [2.75, 3.05) is 6.54 Å². The van der Waals surface area contributed by atoms with Gasteiger partial charge in [0, 0.05) is 28.5 Å². The highest BCUT2D eigenvalue weighted by atomic mass is 127. The molecule has 1 atom stereocenters. The first-order valence-electron chi connectivity index (χ1n) is 9.59. The number of rotatable bonds is 11. The van der Waals surface area contributed by atoms with Crippen molar-refractivity contribution in [3.05, 3.63) is 45.6 Å². The minimum atomic E-state index is -3.61. The van der Waals surface area contributed by atoms with Crippen LogP contribution >= 0.6 is 22.6 Å². The summed E-state index contributed by atoms with van der Waals surface area (Å²) >= 11 is 2.00. The molecule has 1 N–H and O–H groups in total. The van der Waals surface area contributed by atoms with Gasteiger partial charge in [-0.15, -0.1) is 0 Å². The first-order valence-corrected chi connectivity index (χ1v) is 10.7. The van der Waals surface area contributed by atoms with Crippen LogP contribution in [0.2, 0.25) is 0 Å². The number of nitrogens with zero attached hydrogens (tertiary/aromatic N) is 1. The number of hydrogen-bond acceptors (Lipinski definition) is 3. The van der Waals surface area contributed by atoms with Gasteiger partial charge in [0.25, 0.3) is 0 Å². The molecule has 2 rings (SSSR count). The van der Waals surface area contributed by atoms with Gasteiger partial charge in [-0.2, -0.15) is 8.78 Å². The molecule has 0 saturated carbocycles. The van der Waals surface area contributed by atoms with Crippen molar-refractivity contribution >= 4 is 40.3 Å². The summed E-state index contributed by atoms with van der Waals surface area (Å²) in [6.07, 6.45) is 6.10. The SMILES string of the molecule is O=C(O)CCCCCCN1C(=O)CC[C@@H]1C=CC(=O)C(F)(F)c1ccc(I)cc1. The number of benzene rings is 1. The van der Waals surface area contributed by atoms with Crippen LogP contribution in [0, 0.1) is 3.57 Å². The minimum Gasteiger partial charge on any atom is -0.481 e. The van der Waals surface area contributed by atoms with Crippen molar-refractivity contribution in [3.8, 4) is 0 Å². The van der Waals surface area contributed by atoms with Crippen LogP contribution in [0.15, 0.2) is 36.4 Å². The van der Waals surface area contributed by atoms with E-state index in [0.717, 1.165) is 22.5 Å². The fraction of sp³-hybridized carbons (Fsp3) is 0.476. The second kappa shape index (κ2) is 10.8. The average molecular weight is 519 g/mol. The molecule has 8 heteroatoms. The summed E-state index contributed by atoms with van der Waals surface area (Å²) < 4.78 is 29.6. The summed E-state index contributed by atoms with van der Waals surface area (Å²) in [7, 11) is 0. The molecule has 0 unspecified atom stereocenters. The van der Waals surface area contributed by atoms with Crippen LogP contribution in [-0.4, -0.2) is 40.3 Å². The standard InChI is InChI=1S/C21H24F2INO4/c22-21(23,15-6-8-16(24)9-7-15)18(26)12-10-17-11-13-19(27)25(17)14-4-2-1-3-5-20(28)29/h6-10,12,17H,1-5,11,13-14H2,(H,28,29)/t17-/m0/s1. The second-order valence-electron chi connectivity index (χ2n) is 7.06. The highest BCUT2D eigenvalue weighted by molar-refractivity contribution is 14.1. The molecule has 1 amide bonds. The van der Waals surface area contributed by atoms with Gasteiger partial charge in [-0.25, -0.2) is 0 Å². The molecule has 1 aliphatic rings. The number of likely N-dealkylation sites (tertiary alicyclic amines) is 1. The molecule has 0 aliphatic carbocycles. The zero-order chi connectivity index (χ0) is 21.4. The zero-order valence-electron chi connectivity index (χ0n) is 16.0. The predicted molar refractivity (Wildman–Crippen MR) is 113 cm³/mol. The summed E-state index contributed by atoms with van der Waals surface area (Å²) in [5.74, 6) is -5.79. The van der Waals surface area contributed by atoms with E-state index in [1.54, 1.807) is 4.90 Å². The van der Waals surface area contributed by atoms with E-state index >= 15 is 0 Å². The van der Waals surface area contributed by atoms with Crippen molar-refractivity contribution in [2.24, 2.45) is 0 Å². The third-order valence-corrected chi connectivity index (χ3v) is 5.62. The number of carbonyl (C=O) groups excluding carboxylic acids is 2. The van der Waals surface area contributed by atoms with E-state index in [2.05, 4.69) is 0 Å². The van der Waals surface area contributed by atoms with Crippen molar-refractivity contribution in [2.45, 2.75) is 56.9 Å². The highest BCUT2D eigenvalue weighted by Gasteiger charge is 2.39. The lowest BCUT2D eigenvalue weighted by molar-refractivity contribution is -0.139. The molecule has 5 nitrogen and oxygen atoms in total. The van der Waals surface area contributed by atoms with Gasteiger partial charge in [-0.05, 0) is 60.1 Å². The lowest BCUT2D eigenvalue weighted by Crippen LogP contribution is -2.33. The molecule has 1 heterocycles. The Hall–Kier alpha value is -1.84. The number of ketones is 1. The number of hydrogen-bond donors (Lipinski definition) is 1. The summed E-state index contributed by atoms with van der Waals surface area (Å²) in [6, 6.07) is 5.16. The van der Waals surface area contributed by atoms with Crippen LogP contribution in [0.4, 0.5) is 8.78 Å². The van der Waals surface area contributed by atoms with E-state index in [0.29, 0.717) is 32.2 Å². The molecule has 1 aliphatic heterocycles. The van der Waals surface area contributed by atoms with Crippen molar-refractivity contribution < 1.29 is 28.3 Å². The highest BCUT2D eigenvalue weighted by Crippen LogP contribution is 2.30. The first-order chi connectivity index (χ1) is 13.7. The monoisotopic (exact) mass is 519 g/mol. The molecular formula is C21H24F2INO4. The summed E-state index contributed by atoms with van der Waals surface area (Å²) in [6.45, 7) is 0.475. The number of carboxylic acids is 1. The minimum absolute atomic E-state index is 0.0537. The lowest BCUT2D eigenvalue weighted by Gasteiger charge is -2.22. The Labute approximate surface area is 182 Å². The van der Waals surface area contributed by atoms with Gasteiger partial charge in [0.2, 0.25) is 11.7 Å². The van der Waals surface area contributed by atoms with Crippen molar-refractivity contribution in [1.29, 1.82) is 0 Å². The van der Waals surface area contributed by atoms with E-state index in [1.165, 1.54) is 30.3 Å². The van der Waals surface area contributed by atoms with E-state index in [9.17, 15) is 23.2 Å². The molecule has 1 fully saturated rings. The topological polar surface area (TPSA) is 74.7 Å². The van der Waals surface area contributed by atoms with Crippen LogP contribution in [-0.2, 0) is 20.3 Å². The van der Waals surface area contributed by atoms with Gasteiger partial charge in [0.1, 0.15) is 0 Å². The van der Waals surface area contributed by atoms with E-state index < -0.39 is 17.7 Å². The van der Waals surface area contributed by atoms with Crippen LogP contribution in [0.5, 0.6) is 0 Å². The third kappa shape index (κ3) is 6.87. The predicted octanol–water partition coefficient (Wildman–Crippen LogP) is 4.53. The fourth-order valence-electron chi connectivity index (χ4n) is 3.26. The molecule has 0 radical (unpaired) electrons. The summed E-state index contributed by atoms with van der Waals surface area (Å²) in [4.78, 5) is 36.3. The maximum absolute atomic E-state index is 14.4. The summed E-state index contributed by atoms with van der Waals surface area (Å²) in [5, 5.41) is 8.62. The Kier molecular flexibility index (Phi) is 8.73. The number of carbonyl (C=O) groups is 3. The molecule has 1 aromatic rings. The number of allylic oxidation sites excluding steroid dienone is 1. The van der Waals surface area contributed by atoms with Crippen LogP contribution in [0.25, 0.3) is 0 Å². The molecule has 0 bridgehead atoms. The van der Waals surface area contributed by atoms with Gasteiger partial charge in [-0.3, -0.25) is 14.4 Å². The molecular weight excluding hydrogens is 495 g/mol. The summed E-state index contributed by atoms with van der Waals surface area (Å²) in [5.41, 5.74) is -0.353. The number of carboxylic acid groups (broad SMARTS) is 1. The van der Waals surface area contributed by atoms with Crippen molar-refractivity contribution in [1.82, 2.24) is 4.90 Å². The zero-order valence-corrected chi connectivity index (χ0v) is 18.1. The fourth-order valence-corrected chi connectivity index (χ4v) is 3.62. The average Bonchev–Trinajstić information content (AvgIpc) is 3.02. The van der Waals surface area contributed by atoms with Gasteiger partial charge >= 0.3 is 11.9 Å². The molecule has 1 saturated heterocycles. The number of alkyl halides is 2. The largest absolute Gasteiger partial charge is 0.481 e. The van der Waals surface area contributed by atoms with E-state index in [-0.39, 0.29) is 23.9 Å². The molecule has 0 spiro atoms. The molecule has 29 heavy (non-hydrogen) atoms. The van der Waals surface area contributed by atoms with Gasteiger partial charge < -0.3 is 10.0 Å². The smallest absolute Gasteiger partial charge is 0.334 e. The van der Waals surface area contributed by atoms with Crippen LogP contribution in [0.1, 0.15) is 50.5 Å². The Morgan fingerprint density at radius 3 is 2.48 bits per heavy atom. The number of amides is 1. The molecule has 1 aromatic carbocycles. The Balaban J connectivity index is 1.90. The van der Waals surface area contributed by atoms with Crippen LogP contribution in [0.3, 0.4) is 0 Å². The Morgan fingerprint density at radius 2 is 1.83 bits per heavy atom. The maximum atomic E-state index is 14.4. The molecule has 0 aromatic heterocycles. The number of halogens is 3. The second-order valence-corrected chi connectivity index (χ2v) is 8.30. The van der Waals surface area contributed by atoms with E-state index in [4.69, 9.17) is 5.11 Å². The van der Waals surface area contributed by atoms with Crippen LogP contribution < -0.4 is 0 Å². The Morgan fingerprint density at radius 1 is 1.17 bits per heavy atom. The molecule has 158 valence electrons. The van der Waals surface area contributed by atoms with Crippen molar-refractivity contribution in [3.63, 3.8) is 0 Å². The Bertz CT molecular complexity index is 764. The van der Waals surface area contributed by atoms with E-state index in [1.807, 2.05) is 22.6 Å². The van der Waals surface area contributed by atoms with Gasteiger partial charge in [-0.1, -0.05) is 31.1 Å². The normalized spacial score (nSPS) is 17.3. The number of aliphatic carboxylic acids is 1. The maximum Gasteiger partial charge on any atom is 0.334 e. The quantitative estimate of drug-likeness (QED) is 0.265. The lowest BCUT2D eigenvalue weighted by atomic mass is 10.0. The van der Waals surface area contributed by atoms with Gasteiger partial charge in [0.15, 0.2) is 0 Å². The van der Waals surface area contributed by atoms with Gasteiger partial charge in [0.05, 0.1) is 6.04 Å².